The van der Waals surface area contributed by atoms with Crippen LogP contribution in [0.25, 0.3) is 56.3 Å². The molecule has 17 nitrogen and oxygen atoms in total. The van der Waals surface area contributed by atoms with E-state index in [1.807, 2.05) is 58.9 Å². The highest BCUT2D eigenvalue weighted by Gasteiger charge is 2.38. The average Bonchev–Trinajstić information content (AvgIpc) is 0.781. The second-order valence-corrected chi connectivity index (χ2v) is 24.4. The van der Waals surface area contributed by atoms with Gasteiger partial charge in [-0.1, -0.05) is 105 Å². The zero-order valence-corrected chi connectivity index (χ0v) is 58.7. The van der Waals surface area contributed by atoms with Crippen LogP contribution in [0.2, 0.25) is 5.02 Å². The topological polar surface area (TPSA) is 277 Å². The van der Waals surface area contributed by atoms with E-state index in [0.29, 0.717) is 71.5 Å². The first kappa shape index (κ1) is 79.7. The van der Waals surface area contributed by atoms with Crippen LogP contribution in [-0.2, 0) is 56.0 Å². The Balaban J connectivity index is 0.000000199. The lowest BCUT2D eigenvalue weighted by molar-refractivity contribution is -0.141. The molecule has 5 aromatic carbocycles. The second kappa shape index (κ2) is 34.2. The Morgan fingerprint density at radius 3 is 1.09 bits per heavy atom. The maximum absolute atomic E-state index is 13.7. The summed E-state index contributed by atoms with van der Waals surface area (Å²) in [5, 5.41) is 0.179. The van der Waals surface area contributed by atoms with E-state index >= 15 is 0 Å². The minimum atomic E-state index is -4.83. The van der Waals surface area contributed by atoms with Gasteiger partial charge in [-0.05, 0) is 165 Å². The molecule has 0 radical (unpaired) electrons. The van der Waals surface area contributed by atoms with Gasteiger partial charge in [-0.15, -0.1) is 0 Å². The van der Waals surface area contributed by atoms with Gasteiger partial charge < -0.3 is 38.1 Å². The molecule has 536 valence electrons. The first-order valence-corrected chi connectivity index (χ1v) is 32.2. The molecule has 0 saturated carbocycles. The van der Waals surface area contributed by atoms with Gasteiger partial charge >= 0.3 is 18.5 Å². The Kier molecular flexibility index (Phi) is 27.0. The normalized spacial score (nSPS) is 11.5. The third-order valence-electron chi connectivity index (χ3n) is 15.2. The van der Waals surface area contributed by atoms with Crippen LogP contribution < -0.4 is 38.1 Å². The molecule has 0 spiro atoms. The molecule has 10 rings (SSSR count). The fourth-order valence-electron chi connectivity index (χ4n) is 9.76. The number of methoxy groups -OCH3 is 2. The molecule has 10 N–H and O–H groups in total. The molecule has 0 saturated heterocycles. The summed E-state index contributed by atoms with van der Waals surface area (Å²) in [4.78, 5) is 40.7. The highest BCUT2D eigenvalue weighted by molar-refractivity contribution is 6.33. The molecule has 0 unspecified atom stereocenters. The van der Waals surface area contributed by atoms with Crippen molar-refractivity contribution in [1.29, 1.82) is 0 Å². The molecule has 5 aromatic heterocycles. The lowest BCUT2D eigenvalue weighted by atomic mass is 9.85. The van der Waals surface area contributed by atoms with Crippen molar-refractivity contribution in [2.75, 3.05) is 42.9 Å². The van der Waals surface area contributed by atoms with Crippen LogP contribution in [0.1, 0.15) is 137 Å². The summed E-state index contributed by atoms with van der Waals surface area (Å²) in [7, 11) is 3.33. The van der Waals surface area contributed by atoms with Crippen LogP contribution in [0.5, 0.6) is 11.5 Å². The molecule has 0 amide bonds. The van der Waals surface area contributed by atoms with Crippen molar-refractivity contribution in [3.8, 4) is 67.8 Å². The van der Waals surface area contributed by atoms with Gasteiger partial charge in [0.25, 0.3) is 0 Å². The van der Waals surface area contributed by atoms with Crippen LogP contribution >= 0.6 is 11.6 Å². The van der Waals surface area contributed by atoms with E-state index in [0.717, 1.165) is 88.1 Å². The highest BCUT2D eigenvalue weighted by Crippen LogP contribution is 2.42. The summed E-state index contributed by atoms with van der Waals surface area (Å²) in [6, 6.07) is 30.1. The molecule has 0 aliphatic heterocycles. The lowest BCUT2D eigenvalue weighted by Crippen LogP contribution is -2.12. The van der Waals surface area contributed by atoms with E-state index in [9.17, 15) is 43.9 Å². The first-order chi connectivity index (χ1) is 47.3. The van der Waals surface area contributed by atoms with Crippen LogP contribution in [0, 0.1) is 12.7 Å². The predicted molar refractivity (Wildman–Crippen MR) is 377 cm³/mol. The summed E-state index contributed by atoms with van der Waals surface area (Å²) >= 11 is 5.96. The summed E-state index contributed by atoms with van der Waals surface area (Å²) < 4.78 is 141. The van der Waals surface area contributed by atoms with Crippen molar-refractivity contribution < 1.29 is 53.4 Å². The van der Waals surface area contributed by atoms with Crippen LogP contribution in [0.15, 0.2) is 121 Å². The molecule has 101 heavy (non-hydrogen) atoms. The third kappa shape index (κ3) is 22.1. The molecule has 10 aromatic rings. The van der Waals surface area contributed by atoms with E-state index in [2.05, 4.69) is 109 Å². The summed E-state index contributed by atoms with van der Waals surface area (Å²) in [6.07, 6.45) is -10.7. The van der Waals surface area contributed by atoms with Crippen molar-refractivity contribution in [3.05, 3.63) is 194 Å². The summed E-state index contributed by atoms with van der Waals surface area (Å²) in [5.74, 6) is 2.24. The van der Waals surface area contributed by atoms with Gasteiger partial charge in [0.1, 0.15) is 17.3 Å². The number of hydrogen-bond donors (Lipinski definition) is 5. The van der Waals surface area contributed by atoms with E-state index in [4.69, 9.17) is 49.7 Å². The van der Waals surface area contributed by atoms with Gasteiger partial charge in [-0.2, -0.15) is 39.5 Å². The number of alkyl halides is 9. The van der Waals surface area contributed by atoms with Crippen molar-refractivity contribution in [1.82, 2.24) is 49.8 Å². The molecular formula is C73H80ClF10N15O2. The molecule has 0 fully saturated rings. The van der Waals surface area contributed by atoms with Gasteiger partial charge in [0.2, 0.25) is 29.7 Å². The number of nitrogen functional groups attached to an aromatic ring is 5. The first-order valence-electron chi connectivity index (χ1n) is 31.8. The number of nitrogens with zero attached hydrogens (tertiary/aromatic N) is 10. The molecule has 5 heterocycles. The number of aromatic nitrogens is 10. The molecule has 0 aliphatic carbocycles. The van der Waals surface area contributed by atoms with Gasteiger partial charge in [0, 0.05) is 61.3 Å². The number of ether oxygens (including phenoxy) is 2. The van der Waals surface area contributed by atoms with Crippen LogP contribution in [0.4, 0.5) is 73.6 Å². The number of aryl methyl sites for hydroxylation is 6. The van der Waals surface area contributed by atoms with E-state index < -0.39 is 40.8 Å². The van der Waals surface area contributed by atoms with E-state index in [1.54, 1.807) is 45.4 Å². The Bertz CT molecular complexity index is 4490. The number of benzene rings is 5. The molecule has 28 heteroatoms. The second-order valence-electron chi connectivity index (χ2n) is 24.0. The molecular weight excluding hydrogens is 1340 g/mol. The Hall–Kier alpha value is -10.3. The van der Waals surface area contributed by atoms with Gasteiger partial charge in [0.05, 0.1) is 59.4 Å². The number of halogens is 11. The molecule has 0 atom stereocenters. The summed E-state index contributed by atoms with van der Waals surface area (Å²) in [5.41, 5.74) is 36.2. The SMILES string of the molecule is CCc1cc(-c2cc(C(C)(C)C)ccc2OC)nc(N)n1.CCc1cc(-c2cc(C(C)C)ccc2OC)nc(N)n1.CCc1cc(-c2cc(C(F)(F)F)ccc2C(F)(F)F)nc(N)n1.CCc1cc(-c2cc(C(F)(F)F)ccc2Cl)nc(N)n1.CCc1cc(-c2cc(C)ccc2F)nc(N)n1. The predicted octanol–water partition coefficient (Wildman–Crippen LogP) is 18.0. The number of rotatable bonds is 13. The number of anilines is 5. The minimum Gasteiger partial charge on any atom is -0.496 e. The number of hydrogen-bond acceptors (Lipinski definition) is 17. The maximum Gasteiger partial charge on any atom is 0.417 e. The number of nitrogens with two attached hydrogens (primary N) is 5. The Labute approximate surface area is 584 Å². The Morgan fingerprint density at radius 1 is 0.386 bits per heavy atom. The van der Waals surface area contributed by atoms with Gasteiger partial charge in [-0.25, -0.2) is 54.2 Å². The van der Waals surface area contributed by atoms with Crippen molar-refractivity contribution in [3.63, 3.8) is 0 Å². The van der Waals surface area contributed by atoms with E-state index in [-0.39, 0.29) is 51.1 Å². The monoisotopic (exact) mass is 1420 g/mol. The standard InChI is InChI=1S/C17H23N3O.C16H21N3O.C14H11F6N3.C13H11ClF3N3.C13H14FN3/c1-6-12-10-14(20-16(18)19-12)13-9-11(17(2,3)4)7-8-15(13)21-5;1-5-12-9-14(19-16(17)18-12)13-8-11(10(2)3)6-7-15(13)20-4;1-2-8-6-11(23-12(21)22-8)9-5-7(13(15,16)17)3-4-10(9)14(18,19)20;1-2-8-6-11(20-12(18)19-8)9-5-7(13(15,16)17)3-4-10(9)14;1-3-9-7-12(17-13(15)16-9)10-6-8(2)4-5-11(10)14/h7-10H,6H2,1-5H3,(H2,18,19,20);6-10H,5H2,1-4H3,(H2,17,18,19);3-6H,2H2,1H3,(H2,21,22,23);3-6H,2H2,1H3,(H2,18,19,20);4-7H,3H2,1-2H3,(H2,15,16,17). The van der Waals surface area contributed by atoms with Crippen molar-refractivity contribution >= 4 is 41.3 Å². The maximum atomic E-state index is 13.7. The van der Waals surface area contributed by atoms with E-state index in [1.165, 1.54) is 29.3 Å². The molecule has 0 bridgehead atoms. The highest BCUT2D eigenvalue weighted by atomic mass is 35.5. The fourth-order valence-corrected chi connectivity index (χ4v) is 9.97. The third-order valence-corrected chi connectivity index (χ3v) is 15.5. The van der Waals surface area contributed by atoms with Crippen LogP contribution in [-0.4, -0.2) is 64.1 Å². The quantitative estimate of drug-likeness (QED) is 0.0671. The summed E-state index contributed by atoms with van der Waals surface area (Å²) in [6.45, 7) is 22.4. The molecule has 0 aliphatic rings. The average molecular weight is 1420 g/mol. The lowest BCUT2D eigenvalue weighted by Gasteiger charge is -2.21. The van der Waals surface area contributed by atoms with Crippen LogP contribution in [0.3, 0.4) is 0 Å². The fraction of sp³-hybridized carbons (Fsp3) is 0.315. The van der Waals surface area contributed by atoms with Gasteiger partial charge in [0.15, 0.2) is 0 Å². The smallest absolute Gasteiger partial charge is 0.417 e. The van der Waals surface area contributed by atoms with Gasteiger partial charge in [-0.3, -0.25) is 0 Å². The van der Waals surface area contributed by atoms with Crippen molar-refractivity contribution in [2.24, 2.45) is 0 Å². The van der Waals surface area contributed by atoms with Crippen molar-refractivity contribution in [2.45, 2.75) is 138 Å². The minimum absolute atomic E-state index is 0.00725. The zero-order chi connectivity index (χ0) is 75.1. The largest absolute Gasteiger partial charge is 0.496 e. The zero-order valence-electron chi connectivity index (χ0n) is 58.0. The Morgan fingerprint density at radius 2 is 0.723 bits per heavy atom.